The molecular formula is C15H19ClN2. The second-order valence-corrected chi connectivity index (χ2v) is 5.27. The molecule has 1 aromatic carbocycles. The van der Waals surface area contributed by atoms with Crippen LogP contribution in [0.5, 0.6) is 0 Å². The fraction of sp³-hybridized carbons (Fsp3) is 0.533. The molecule has 0 aromatic heterocycles. The Morgan fingerprint density at radius 1 is 1.33 bits per heavy atom. The van der Waals surface area contributed by atoms with E-state index in [1.165, 1.54) is 32.1 Å². The summed E-state index contributed by atoms with van der Waals surface area (Å²) in [6.45, 7) is 0. The van der Waals surface area contributed by atoms with Crippen LogP contribution in [-0.4, -0.2) is 13.1 Å². The molecule has 0 unspecified atom stereocenters. The van der Waals surface area contributed by atoms with Crippen molar-refractivity contribution in [3.63, 3.8) is 0 Å². The molecule has 0 bridgehead atoms. The van der Waals surface area contributed by atoms with E-state index in [1.54, 1.807) is 0 Å². The van der Waals surface area contributed by atoms with Crippen molar-refractivity contribution >= 4 is 17.3 Å². The first kappa shape index (κ1) is 13.2. The van der Waals surface area contributed by atoms with Crippen LogP contribution in [-0.2, 0) is 5.88 Å². The quantitative estimate of drug-likeness (QED) is 0.768. The maximum Gasteiger partial charge on any atom is 0.101 e. The fourth-order valence-corrected chi connectivity index (χ4v) is 2.89. The Morgan fingerprint density at radius 2 is 2.06 bits per heavy atom. The molecule has 96 valence electrons. The highest BCUT2D eigenvalue weighted by Gasteiger charge is 2.20. The van der Waals surface area contributed by atoms with Crippen molar-refractivity contribution < 1.29 is 0 Å². The lowest BCUT2D eigenvalue weighted by atomic mass is 9.93. The summed E-state index contributed by atoms with van der Waals surface area (Å²) in [7, 11) is 2.10. The van der Waals surface area contributed by atoms with Crippen LogP contribution in [0.3, 0.4) is 0 Å². The summed E-state index contributed by atoms with van der Waals surface area (Å²) in [5.74, 6) is 0.460. The molecule has 0 radical (unpaired) electrons. The number of hydrogen-bond acceptors (Lipinski definition) is 2. The Balaban J connectivity index is 2.23. The van der Waals surface area contributed by atoms with Crippen molar-refractivity contribution in [3.05, 3.63) is 29.3 Å². The number of alkyl halides is 1. The number of nitriles is 1. The zero-order valence-electron chi connectivity index (χ0n) is 10.8. The summed E-state index contributed by atoms with van der Waals surface area (Å²) < 4.78 is 0. The summed E-state index contributed by atoms with van der Waals surface area (Å²) in [5.41, 5.74) is 2.79. The van der Waals surface area contributed by atoms with Gasteiger partial charge >= 0.3 is 0 Å². The van der Waals surface area contributed by atoms with E-state index in [2.05, 4.69) is 18.0 Å². The van der Waals surface area contributed by atoms with Gasteiger partial charge in [-0.05, 0) is 30.5 Å². The minimum Gasteiger partial charge on any atom is -0.371 e. The van der Waals surface area contributed by atoms with Crippen LogP contribution in [0.25, 0.3) is 0 Å². The van der Waals surface area contributed by atoms with Gasteiger partial charge in [0.2, 0.25) is 0 Å². The van der Waals surface area contributed by atoms with Crippen LogP contribution < -0.4 is 4.90 Å². The molecule has 2 rings (SSSR count). The lowest BCUT2D eigenvalue weighted by molar-refractivity contribution is 0.427. The molecule has 0 amide bonds. The highest BCUT2D eigenvalue weighted by Crippen LogP contribution is 2.29. The first-order valence-electron chi connectivity index (χ1n) is 6.58. The van der Waals surface area contributed by atoms with Crippen LogP contribution >= 0.6 is 11.6 Å². The van der Waals surface area contributed by atoms with Gasteiger partial charge in [-0.25, -0.2) is 0 Å². The van der Waals surface area contributed by atoms with Crippen molar-refractivity contribution in [1.29, 1.82) is 5.26 Å². The third kappa shape index (κ3) is 2.79. The third-order valence-corrected chi connectivity index (χ3v) is 4.15. The molecule has 1 aliphatic rings. The zero-order valence-corrected chi connectivity index (χ0v) is 11.6. The Hall–Kier alpha value is -1.20. The van der Waals surface area contributed by atoms with Crippen LogP contribution in [0.1, 0.15) is 43.2 Å². The Kier molecular flexibility index (Phi) is 4.49. The van der Waals surface area contributed by atoms with Gasteiger partial charge in [-0.3, -0.25) is 0 Å². The van der Waals surface area contributed by atoms with Gasteiger partial charge in [0, 0.05) is 19.0 Å². The standard InChI is InChI=1S/C15H19ClN2/c1-18(14-5-3-2-4-6-14)15-8-7-12(10-16)9-13(15)11-17/h7-9,14H,2-6,10H2,1H3. The predicted octanol–water partition coefficient (Wildman–Crippen LogP) is 4.07. The van der Waals surface area contributed by atoms with Crippen molar-refractivity contribution in [2.24, 2.45) is 0 Å². The first-order chi connectivity index (χ1) is 8.76. The molecule has 0 atom stereocenters. The molecular weight excluding hydrogens is 244 g/mol. The topological polar surface area (TPSA) is 27.0 Å². The van der Waals surface area contributed by atoms with Crippen LogP contribution in [0.2, 0.25) is 0 Å². The number of benzene rings is 1. The van der Waals surface area contributed by atoms with Crippen LogP contribution in [0.4, 0.5) is 5.69 Å². The van der Waals surface area contributed by atoms with E-state index >= 15 is 0 Å². The second kappa shape index (κ2) is 6.11. The summed E-state index contributed by atoms with van der Waals surface area (Å²) >= 11 is 5.81. The number of anilines is 1. The average molecular weight is 263 g/mol. The van der Waals surface area contributed by atoms with Gasteiger partial charge in [-0.1, -0.05) is 25.3 Å². The van der Waals surface area contributed by atoms with E-state index in [9.17, 15) is 5.26 Å². The van der Waals surface area contributed by atoms with Crippen LogP contribution in [0.15, 0.2) is 18.2 Å². The van der Waals surface area contributed by atoms with Crippen molar-refractivity contribution in [1.82, 2.24) is 0 Å². The van der Waals surface area contributed by atoms with Gasteiger partial charge < -0.3 is 4.90 Å². The highest BCUT2D eigenvalue weighted by atomic mass is 35.5. The number of rotatable bonds is 3. The van der Waals surface area contributed by atoms with Crippen molar-refractivity contribution in [3.8, 4) is 6.07 Å². The highest BCUT2D eigenvalue weighted by molar-refractivity contribution is 6.17. The molecule has 0 N–H and O–H groups in total. The van der Waals surface area contributed by atoms with Gasteiger partial charge in [0.1, 0.15) is 6.07 Å². The van der Waals surface area contributed by atoms with E-state index in [1.807, 2.05) is 18.2 Å². The van der Waals surface area contributed by atoms with Crippen molar-refractivity contribution in [2.75, 3.05) is 11.9 Å². The van der Waals surface area contributed by atoms with E-state index < -0.39 is 0 Å². The second-order valence-electron chi connectivity index (χ2n) is 5.00. The molecule has 1 aliphatic carbocycles. The average Bonchev–Trinajstić information content (AvgIpc) is 2.46. The Labute approximate surface area is 114 Å². The molecule has 3 heteroatoms. The molecule has 1 aromatic rings. The molecule has 0 saturated heterocycles. The summed E-state index contributed by atoms with van der Waals surface area (Å²) in [6, 6.07) is 8.82. The number of hydrogen-bond donors (Lipinski definition) is 0. The van der Waals surface area contributed by atoms with Gasteiger partial charge in [0.05, 0.1) is 11.3 Å². The van der Waals surface area contributed by atoms with E-state index in [4.69, 9.17) is 11.6 Å². The fourth-order valence-electron chi connectivity index (χ4n) is 2.73. The summed E-state index contributed by atoms with van der Waals surface area (Å²) in [5, 5.41) is 9.27. The van der Waals surface area contributed by atoms with Gasteiger partial charge in [0.15, 0.2) is 0 Å². The third-order valence-electron chi connectivity index (χ3n) is 3.84. The SMILES string of the molecule is CN(c1ccc(CCl)cc1C#N)C1CCCCC1. The van der Waals surface area contributed by atoms with E-state index in [0.717, 1.165) is 16.8 Å². The molecule has 0 aliphatic heterocycles. The lowest BCUT2D eigenvalue weighted by Gasteiger charge is -2.33. The summed E-state index contributed by atoms with van der Waals surface area (Å²) in [6.07, 6.45) is 6.42. The molecule has 2 nitrogen and oxygen atoms in total. The normalized spacial score (nSPS) is 16.3. The molecule has 18 heavy (non-hydrogen) atoms. The minimum atomic E-state index is 0.460. The van der Waals surface area contributed by atoms with Crippen molar-refractivity contribution in [2.45, 2.75) is 44.0 Å². The number of halogens is 1. The lowest BCUT2D eigenvalue weighted by Crippen LogP contribution is -2.33. The maximum atomic E-state index is 9.27. The molecule has 0 spiro atoms. The maximum absolute atomic E-state index is 9.27. The molecule has 0 heterocycles. The van der Waals surface area contributed by atoms with E-state index in [0.29, 0.717) is 11.9 Å². The first-order valence-corrected chi connectivity index (χ1v) is 7.11. The summed E-state index contributed by atoms with van der Waals surface area (Å²) in [4.78, 5) is 2.27. The van der Waals surface area contributed by atoms with Gasteiger partial charge in [-0.15, -0.1) is 11.6 Å². The van der Waals surface area contributed by atoms with Gasteiger partial charge in [0.25, 0.3) is 0 Å². The predicted molar refractivity (Wildman–Crippen MR) is 76.0 cm³/mol. The zero-order chi connectivity index (χ0) is 13.0. The van der Waals surface area contributed by atoms with Gasteiger partial charge in [-0.2, -0.15) is 5.26 Å². The Bertz CT molecular complexity index is 444. The van der Waals surface area contributed by atoms with Crippen LogP contribution in [0, 0.1) is 11.3 Å². The molecule has 1 saturated carbocycles. The molecule has 1 fully saturated rings. The smallest absolute Gasteiger partial charge is 0.101 e. The Morgan fingerprint density at radius 3 is 2.67 bits per heavy atom. The number of nitrogens with zero attached hydrogens (tertiary/aromatic N) is 2. The minimum absolute atomic E-state index is 0.460. The largest absolute Gasteiger partial charge is 0.371 e. The van der Waals surface area contributed by atoms with E-state index in [-0.39, 0.29) is 0 Å². The monoisotopic (exact) mass is 262 g/mol.